The van der Waals surface area contributed by atoms with E-state index in [9.17, 15) is 4.79 Å². The smallest absolute Gasteiger partial charge is 0.255 e. The number of aromatic nitrogens is 3. The highest BCUT2D eigenvalue weighted by Gasteiger charge is 2.17. The Morgan fingerprint density at radius 3 is 2.59 bits per heavy atom. The second-order valence-corrected chi connectivity index (χ2v) is 6.54. The van der Waals surface area contributed by atoms with E-state index in [1.165, 1.54) is 6.42 Å². The van der Waals surface area contributed by atoms with E-state index in [2.05, 4.69) is 20.1 Å². The molecule has 2 aromatic carbocycles. The number of nitrogens with one attached hydrogen (secondary N) is 1. The molecule has 2 heterocycles. The van der Waals surface area contributed by atoms with Crippen molar-refractivity contribution in [2.24, 2.45) is 0 Å². The van der Waals surface area contributed by atoms with Crippen molar-refractivity contribution in [3.63, 3.8) is 0 Å². The molecule has 0 aliphatic carbocycles. The fraction of sp³-hybridized carbons (Fsp3) is 0.286. The molecule has 0 bridgehead atoms. The van der Waals surface area contributed by atoms with Gasteiger partial charge in [0.25, 0.3) is 5.91 Å². The fourth-order valence-electron chi connectivity index (χ4n) is 3.30. The average Bonchev–Trinajstić information content (AvgIpc) is 3.13. The molecule has 0 saturated heterocycles. The molecule has 27 heavy (non-hydrogen) atoms. The molecular weight excluding hydrogens is 340 g/mol. The van der Waals surface area contributed by atoms with Gasteiger partial charge in [0, 0.05) is 29.8 Å². The molecule has 0 spiro atoms. The van der Waals surface area contributed by atoms with E-state index in [4.69, 9.17) is 4.74 Å². The summed E-state index contributed by atoms with van der Waals surface area (Å²) < 4.78 is 7.59. The Morgan fingerprint density at radius 2 is 1.85 bits per heavy atom. The minimum absolute atomic E-state index is 0.148. The maximum absolute atomic E-state index is 12.4. The molecule has 0 unspecified atom stereocenters. The molecule has 6 nitrogen and oxygen atoms in total. The summed E-state index contributed by atoms with van der Waals surface area (Å²) in [4.78, 5) is 12.4. The normalized spacial score (nSPS) is 13.1. The topological polar surface area (TPSA) is 69.0 Å². The third-order valence-electron chi connectivity index (χ3n) is 4.69. The number of hydrogen-bond donors (Lipinski definition) is 1. The molecule has 1 aromatic heterocycles. The van der Waals surface area contributed by atoms with Gasteiger partial charge < -0.3 is 14.6 Å². The molecule has 1 aliphatic heterocycles. The first-order chi connectivity index (χ1) is 13.2. The second kappa shape index (κ2) is 7.61. The monoisotopic (exact) mass is 362 g/mol. The van der Waals surface area contributed by atoms with Crippen LogP contribution in [0.25, 0.3) is 11.4 Å². The van der Waals surface area contributed by atoms with Crippen molar-refractivity contribution in [2.45, 2.75) is 32.7 Å². The molecule has 0 fully saturated rings. The Hall–Kier alpha value is -3.15. The van der Waals surface area contributed by atoms with Crippen LogP contribution in [0.1, 0.15) is 35.9 Å². The van der Waals surface area contributed by atoms with Crippen LogP contribution in [0.5, 0.6) is 5.75 Å². The number of benzene rings is 2. The van der Waals surface area contributed by atoms with E-state index >= 15 is 0 Å². The summed E-state index contributed by atoms with van der Waals surface area (Å²) in [5.74, 6) is 2.57. The van der Waals surface area contributed by atoms with Gasteiger partial charge in [-0.2, -0.15) is 0 Å². The molecule has 1 aliphatic rings. The van der Waals surface area contributed by atoms with Crippen LogP contribution in [0.3, 0.4) is 0 Å². The van der Waals surface area contributed by atoms with Crippen molar-refractivity contribution in [2.75, 3.05) is 11.9 Å². The van der Waals surface area contributed by atoms with Crippen molar-refractivity contribution < 1.29 is 9.53 Å². The molecular formula is C21H22N4O2. The van der Waals surface area contributed by atoms with Crippen molar-refractivity contribution in [1.29, 1.82) is 0 Å². The first-order valence-electron chi connectivity index (χ1n) is 9.31. The molecule has 0 atom stereocenters. The van der Waals surface area contributed by atoms with Gasteiger partial charge in [0.15, 0.2) is 5.82 Å². The zero-order valence-corrected chi connectivity index (χ0v) is 15.3. The van der Waals surface area contributed by atoms with Gasteiger partial charge in [0.1, 0.15) is 11.6 Å². The largest absolute Gasteiger partial charge is 0.494 e. The average molecular weight is 362 g/mol. The van der Waals surface area contributed by atoms with Crippen molar-refractivity contribution in [3.05, 3.63) is 59.9 Å². The molecule has 0 saturated carbocycles. The molecule has 6 heteroatoms. The lowest BCUT2D eigenvalue weighted by Crippen LogP contribution is -2.12. The second-order valence-electron chi connectivity index (χ2n) is 6.54. The number of nitrogens with zero attached hydrogens (tertiary/aromatic N) is 3. The molecule has 3 aromatic rings. The quantitative estimate of drug-likeness (QED) is 0.747. The predicted molar refractivity (Wildman–Crippen MR) is 104 cm³/mol. The van der Waals surface area contributed by atoms with E-state index < -0.39 is 0 Å². The Bertz CT molecular complexity index is 930. The van der Waals surface area contributed by atoms with Crippen LogP contribution in [-0.2, 0) is 13.0 Å². The first kappa shape index (κ1) is 17.3. The Kier molecular flexibility index (Phi) is 4.87. The van der Waals surface area contributed by atoms with E-state index in [1.54, 1.807) is 24.3 Å². The van der Waals surface area contributed by atoms with Gasteiger partial charge in [-0.1, -0.05) is 0 Å². The number of carbonyl (C=O) groups is 1. The van der Waals surface area contributed by atoms with Crippen molar-refractivity contribution in [1.82, 2.24) is 14.8 Å². The van der Waals surface area contributed by atoms with Gasteiger partial charge in [0.2, 0.25) is 0 Å². The third kappa shape index (κ3) is 3.69. The van der Waals surface area contributed by atoms with Crippen LogP contribution in [0.4, 0.5) is 5.69 Å². The first-order valence-corrected chi connectivity index (χ1v) is 9.31. The van der Waals surface area contributed by atoms with Gasteiger partial charge in [-0.05, 0) is 68.3 Å². The number of amides is 1. The number of hydrogen-bond acceptors (Lipinski definition) is 4. The standard InChI is InChI=1S/C21H22N4O2/c1-2-27-18-12-8-16(9-13-18)21(26)22-17-10-6-15(7-11-17)20-24-23-19-5-3-4-14-25(19)20/h6-13H,2-5,14H2,1H3,(H,22,26). The van der Waals surface area contributed by atoms with Crippen molar-refractivity contribution in [3.8, 4) is 17.1 Å². The zero-order chi connectivity index (χ0) is 18.6. The lowest BCUT2D eigenvalue weighted by atomic mass is 10.1. The van der Waals surface area contributed by atoms with Gasteiger partial charge in [-0.25, -0.2) is 0 Å². The van der Waals surface area contributed by atoms with Gasteiger partial charge in [-0.15, -0.1) is 10.2 Å². The molecule has 1 N–H and O–H groups in total. The van der Waals surface area contributed by atoms with Crippen LogP contribution in [0, 0.1) is 0 Å². The molecule has 4 rings (SSSR count). The van der Waals surface area contributed by atoms with Crippen LogP contribution >= 0.6 is 0 Å². The Morgan fingerprint density at radius 1 is 1.07 bits per heavy atom. The number of anilines is 1. The van der Waals surface area contributed by atoms with Crippen molar-refractivity contribution >= 4 is 11.6 Å². The summed E-state index contributed by atoms with van der Waals surface area (Å²) >= 11 is 0. The lowest BCUT2D eigenvalue weighted by Gasteiger charge is -2.14. The summed E-state index contributed by atoms with van der Waals surface area (Å²) in [7, 11) is 0. The molecule has 138 valence electrons. The predicted octanol–water partition coefficient (Wildman–Crippen LogP) is 3.93. The number of fused-ring (bicyclic) bond motifs is 1. The summed E-state index contributed by atoms with van der Waals surface area (Å²) in [5, 5.41) is 11.6. The van der Waals surface area contributed by atoms with Gasteiger partial charge in [-0.3, -0.25) is 4.79 Å². The van der Waals surface area contributed by atoms with Crippen LogP contribution < -0.4 is 10.1 Å². The Labute approximate surface area is 158 Å². The summed E-state index contributed by atoms with van der Waals surface area (Å²) in [6, 6.07) is 14.9. The maximum Gasteiger partial charge on any atom is 0.255 e. The van der Waals surface area contributed by atoms with E-state index in [-0.39, 0.29) is 5.91 Å². The van der Waals surface area contributed by atoms with Gasteiger partial charge >= 0.3 is 0 Å². The third-order valence-corrected chi connectivity index (χ3v) is 4.69. The van der Waals surface area contributed by atoms with Gasteiger partial charge in [0.05, 0.1) is 6.61 Å². The molecule has 0 radical (unpaired) electrons. The fourth-order valence-corrected chi connectivity index (χ4v) is 3.30. The highest BCUT2D eigenvalue weighted by atomic mass is 16.5. The van der Waals surface area contributed by atoms with E-state index in [1.807, 2.05) is 31.2 Å². The number of ether oxygens (including phenoxy) is 1. The maximum atomic E-state index is 12.4. The lowest BCUT2D eigenvalue weighted by molar-refractivity contribution is 0.102. The molecule has 1 amide bonds. The van der Waals surface area contributed by atoms with E-state index in [0.29, 0.717) is 12.2 Å². The number of carbonyl (C=O) groups excluding carboxylic acids is 1. The van der Waals surface area contributed by atoms with Crippen LogP contribution in [0.15, 0.2) is 48.5 Å². The summed E-state index contributed by atoms with van der Waals surface area (Å²) in [6.45, 7) is 3.50. The minimum Gasteiger partial charge on any atom is -0.494 e. The summed E-state index contributed by atoms with van der Waals surface area (Å²) in [5.41, 5.74) is 2.35. The van der Waals surface area contributed by atoms with E-state index in [0.717, 1.165) is 48.0 Å². The number of rotatable bonds is 5. The Balaban J connectivity index is 1.46. The van der Waals surface area contributed by atoms with Crippen LogP contribution in [0.2, 0.25) is 0 Å². The highest BCUT2D eigenvalue weighted by molar-refractivity contribution is 6.04. The highest BCUT2D eigenvalue weighted by Crippen LogP contribution is 2.24. The summed E-state index contributed by atoms with van der Waals surface area (Å²) in [6.07, 6.45) is 3.33. The number of aryl methyl sites for hydroxylation is 1. The zero-order valence-electron chi connectivity index (χ0n) is 15.3. The van der Waals surface area contributed by atoms with Crippen LogP contribution in [-0.4, -0.2) is 27.3 Å². The minimum atomic E-state index is -0.148. The SMILES string of the molecule is CCOc1ccc(C(=O)Nc2ccc(-c3nnc4n3CCCC4)cc2)cc1.